The minimum atomic E-state index is -0.168. The van der Waals surface area contributed by atoms with Gasteiger partial charge in [-0.05, 0) is 59.5 Å². The van der Waals surface area contributed by atoms with Gasteiger partial charge in [0, 0.05) is 6.04 Å². The van der Waals surface area contributed by atoms with Gasteiger partial charge in [0.15, 0.2) is 5.88 Å². The molecule has 2 heteroatoms. The van der Waals surface area contributed by atoms with Crippen molar-refractivity contribution in [2.75, 3.05) is 0 Å². The van der Waals surface area contributed by atoms with Gasteiger partial charge in [0.25, 0.3) is 0 Å². The van der Waals surface area contributed by atoms with Gasteiger partial charge in [0.05, 0.1) is 6.04 Å². The minimum Gasteiger partial charge on any atom is -0.474 e. The second kappa shape index (κ2) is 4.08. The van der Waals surface area contributed by atoms with E-state index in [1.807, 2.05) is 0 Å². The average molecular weight is 235 g/mol. The van der Waals surface area contributed by atoms with Crippen LogP contribution in [0.2, 0.25) is 0 Å². The Hall–Kier alpha value is -0.920. The Morgan fingerprint density at radius 3 is 2.41 bits per heavy atom. The zero-order valence-corrected chi connectivity index (χ0v) is 11.6. The van der Waals surface area contributed by atoms with Gasteiger partial charge in [-0.2, -0.15) is 0 Å². The maximum absolute atomic E-state index is 5.94. The molecule has 0 aromatic rings. The Labute approximate surface area is 105 Å². The molecule has 0 amide bonds. The molecule has 0 radical (unpaired) electrons. The molecule has 0 aromatic carbocycles. The van der Waals surface area contributed by atoms with Crippen LogP contribution in [0.15, 0.2) is 24.6 Å². The van der Waals surface area contributed by atoms with Crippen molar-refractivity contribution in [2.24, 2.45) is 5.92 Å². The molecule has 0 unspecified atom stereocenters. The predicted molar refractivity (Wildman–Crippen MR) is 71.5 cm³/mol. The summed E-state index contributed by atoms with van der Waals surface area (Å²) < 4.78 is 5.94. The molecule has 2 bridgehead atoms. The van der Waals surface area contributed by atoms with E-state index in [9.17, 15) is 0 Å². The summed E-state index contributed by atoms with van der Waals surface area (Å²) in [6.07, 6.45) is 3.90. The van der Waals surface area contributed by atoms with E-state index in [0.717, 1.165) is 11.8 Å². The highest BCUT2D eigenvalue weighted by atomic mass is 16.5. The van der Waals surface area contributed by atoms with Gasteiger partial charge >= 0.3 is 0 Å². The second-order valence-corrected chi connectivity index (χ2v) is 6.53. The third-order valence-corrected chi connectivity index (χ3v) is 3.80. The molecule has 2 nitrogen and oxygen atoms in total. The van der Waals surface area contributed by atoms with Crippen molar-refractivity contribution in [1.29, 1.82) is 0 Å². The SMILES string of the molecule is C=C(C)[C@@H]1[C@H]2CC[C@H](C2)N1C(=C)OC(C)(C)C. The molecular formula is C15H25NO. The number of hydrogen-bond donors (Lipinski definition) is 0. The van der Waals surface area contributed by atoms with Crippen LogP contribution < -0.4 is 0 Å². The molecule has 1 saturated carbocycles. The largest absolute Gasteiger partial charge is 0.474 e. The summed E-state index contributed by atoms with van der Waals surface area (Å²) in [6, 6.07) is 1.07. The molecule has 2 fully saturated rings. The lowest BCUT2D eigenvalue weighted by Crippen LogP contribution is -2.42. The van der Waals surface area contributed by atoms with E-state index >= 15 is 0 Å². The van der Waals surface area contributed by atoms with E-state index in [1.54, 1.807) is 0 Å². The number of likely N-dealkylation sites (tertiary alicyclic amines) is 1. The number of nitrogens with zero attached hydrogens (tertiary/aromatic N) is 1. The quantitative estimate of drug-likeness (QED) is 0.546. The van der Waals surface area contributed by atoms with Gasteiger partial charge in [-0.15, -0.1) is 0 Å². The Kier molecular flexibility index (Phi) is 3.01. The smallest absolute Gasteiger partial charge is 0.183 e. The van der Waals surface area contributed by atoms with Crippen LogP contribution in [0.5, 0.6) is 0 Å². The highest BCUT2D eigenvalue weighted by Gasteiger charge is 2.47. The molecule has 1 aliphatic carbocycles. The molecule has 2 aliphatic rings. The van der Waals surface area contributed by atoms with Gasteiger partial charge in [-0.1, -0.05) is 12.2 Å². The molecule has 1 saturated heterocycles. The first-order chi connectivity index (χ1) is 7.79. The van der Waals surface area contributed by atoms with E-state index in [0.29, 0.717) is 12.1 Å². The van der Waals surface area contributed by atoms with Crippen molar-refractivity contribution in [1.82, 2.24) is 4.90 Å². The monoisotopic (exact) mass is 235 g/mol. The summed E-state index contributed by atoms with van der Waals surface area (Å²) >= 11 is 0. The number of rotatable bonds is 3. The fraction of sp³-hybridized carbons (Fsp3) is 0.733. The molecule has 17 heavy (non-hydrogen) atoms. The number of hydrogen-bond acceptors (Lipinski definition) is 2. The third-order valence-electron chi connectivity index (χ3n) is 3.80. The Morgan fingerprint density at radius 1 is 1.24 bits per heavy atom. The molecule has 96 valence electrons. The molecule has 1 heterocycles. The van der Waals surface area contributed by atoms with E-state index < -0.39 is 0 Å². The zero-order chi connectivity index (χ0) is 12.8. The summed E-state index contributed by atoms with van der Waals surface area (Å²) in [6.45, 7) is 16.6. The normalized spacial score (nSPS) is 31.8. The van der Waals surface area contributed by atoms with Crippen molar-refractivity contribution >= 4 is 0 Å². The number of fused-ring (bicyclic) bond motifs is 2. The molecule has 3 atom stereocenters. The molecule has 0 aromatic heterocycles. The Morgan fingerprint density at radius 2 is 1.88 bits per heavy atom. The number of piperidine rings is 1. The minimum absolute atomic E-state index is 0.168. The third kappa shape index (κ3) is 2.36. The maximum Gasteiger partial charge on any atom is 0.183 e. The summed E-state index contributed by atoms with van der Waals surface area (Å²) in [5, 5.41) is 0. The van der Waals surface area contributed by atoms with Crippen molar-refractivity contribution < 1.29 is 4.74 Å². The molecule has 2 rings (SSSR count). The van der Waals surface area contributed by atoms with Crippen LogP contribution in [0.25, 0.3) is 0 Å². The predicted octanol–water partition coefficient (Wildman–Crippen LogP) is 3.70. The van der Waals surface area contributed by atoms with Crippen LogP contribution in [-0.2, 0) is 4.74 Å². The molecule has 0 spiro atoms. The van der Waals surface area contributed by atoms with E-state index in [-0.39, 0.29) is 5.60 Å². The first-order valence-corrected chi connectivity index (χ1v) is 6.61. The van der Waals surface area contributed by atoms with Crippen LogP contribution >= 0.6 is 0 Å². The second-order valence-electron chi connectivity index (χ2n) is 6.53. The Balaban J connectivity index is 2.14. The molecule has 1 aliphatic heterocycles. The summed E-state index contributed by atoms with van der Waals surface area (Å²) in [5.41, 5.74) is 1.08. The maximum atomic E-state index is 5.94. The van der Waals surface area contributed by atoms with Crippen LogP contribution in [-0.4, -0.2) is 22.6 Å². The van der Waals surface area contributed by atoms with Gasteiger partial charge in [0.2, 0.25) is 0 Å². The van der Waals surface area contributed by atoms with Crippen LogP contribution in [0.1, 0.15) is 47.0 Å². The average Bonchev–Trinajstić information content (AvgIpc) is 2.72. The lowest BCUT2D eigenvalue weighted by molar-refractivity contribution is -0.0148. The van der Waals surface area contributed by atoms with Gasteiger partial charge in [0.1, 0.15) is 5.60 Å². The Bertz CT molecular complexity index is 339. The van der Waals surface area contributed by atoms with Crippen molar-refractivity contribution in [2.45, 2.75) is 64.6 Å². The fourth-order valence-electron chi connectivity index (χ4n) is 3.39. The summed E-state index contributed by atoms with van der Waals surface area (Å²) in [4.78, 5) is 2.38. The standard InChI is InChI=1S/C15H25NO/c1-10(2)14-12-7-8-13(9-12)16(14)11(3)17-15(4,5)6/h12-14H,1,3,7-9H2,2,4-6H3/t12-,13+,14+/m0/s1. The van der Waals surface area contributed by atoms with E-state index in [4.69, 9.17) is 4.74 Å². The first-order valence-electron chi connectivity index (χ1n) is 6.61. The van der Waals surface area contributed by atoms with E-state index in [2.05, 4.69) is 45.8 Å². The lowest BCUT2D eigenvalue weighted by atomic mass is 9.94. The van der Waals surface area contributed by atoms with Crippen LogP contribution in [0.4, 0.5) is 0 Å². The van der Waals surface area contributed by atoms with Crippen LogP contribution in [0.3, 0.4) is 0 Å². The van der Waals surface area contributed by atoms with Gasteiger partial charge < -0.3 is 9.64 Å². The van der Waals surface area contributed by atoms with Crippen molar-refractivity contribution in [3.8, 4) is 0 Å². The molecule has 0 N–H and O–H groups in total. The first kappa shape index (κ1) is 12.5. The van der Waals surface area contributed by atoms with Crippen molar-refractivity contribution in [3.05, 3.63) is 24.6 Å². The highest BCUT2D eigenvalue weighted by Crippen LogP contribution is 2.46. The number of ether oxygens (including phenoxy) is 1. The van der Waals surface area contributed by atoms with E-state index in [1.165, 1.54) is 24.8 Å². The highest BCUT2D eigenvalue weighted by molar-refractivity contribution is 5.18. The fourth-order valence-corrected chi connectivity index (χ4v) is 3.39. The van der Waals surface area contributed by atoms with Gasteiger partial charge in [-0.3, -0.25) is 0 Å². The van der Waals surface area contributed by atoms with Crippen LogP contribution in [0, 0.1) is 5.92 Å². The lowest BCUT2D eigenvalue weighted by Gasteiger charge is -2.40. The van der Waals surface area contributed by atoms with Crippen molar-refractivity contribution in [3.63, 3.8) is 0 Å². The summed E-state index contributed by atoms with van der Waals surface area (Å²) in [7, 11) is 0. The zero-order valence-electron chi connectivity index (χ0n) is 11.6. The molecular weight excluding hydrogens is 210 g/mol. The summed E-state index contributed by atoms with van der Waals surface area (Å²) in [5.74, 6) is 1.59. The topological polar surface area (TPSA) is 12.5 Å². The van der Waals surface area contributed by atoms with Gasteiger partial charge in [-0.25, -0.2) is 0 Å².